The van der Waals surface area contributed by atoms with Crippen LogP contribution in [0.5, 0.6) is 0 Å². The molecular formula is C19H31N5O4. The molecule has 156 valence electrons. The number of nitro groups is 1. The van der Waals surface area contributed by atoms with Crippen LogP contribution in [0.25, 0.3) is 0 Å². The van der Waals surface area contributed by atoms with Gasteiger partial charge in [-0.2, -0.15) is 0 Å². The van der Waals surface area contributed by atoms with Crippen molar-refractivity contribution < 1.29 is 14.5 Å². The number of benzene rings is 1. The molecule has 0 unspecified atom stereocenters. The topological polar surface area (TPSA) is 109 Å². The van der Waals surface area contributed by atoms with Gasteiger partial charge in [-0.25, -0.2) is 4.99 Å². The van der Waals surface area contributed by atoms with Crippen molar-refractivity contribution in [3.63, 3.8) is 0 Å². The number of carbonyl (C=O) groups is 1. The molecule has 28 heavy (non-hydrogen) atoms. The first-order chi connectivity index (χ1) is 13.1. The van der Waals surface area contributed by atoms with Crippen LogP contribution in [0.1, 0.15) is 32.8 Å². The zero-order valence-corrected chi connectivity index (χ0v) is 17.3. The number of rotatable bonds is 9. The summed E-state index contributed by atoms with van der Waals surface area (Å²) in [6, 6.07) is 6.26. The lowest BCUT2D eigenvalue weighted by Crippen LogP contribution is -2.49. The number of hydrogen-bond donors (Lipinski definition) is 2. The SMILES string of the molecule is COCCCNC(=NCc1ccc([N+](=O)[O-])cc1)N(C)CC(=O)NC(C)(C)C. The van der Waals surface area contributed by atoms with Crippen molar-refractivity contribution in [2.24, 2.45) is 4.99 Å². The van der Waals surface area contributed by atoms with Crippen LogP contribution in [-0.4, -0.2) is 61.1 Å². The quantitative estimate of drug-likeness (QED) is 0.218. The van der Waals surface area contributed by atoms with Crippen molar-refractivity contribution in [2.45, 2.75) is 39.3 Å². The van der Waals surface area contributed by atoms with E-state index in [4.69, 9.17) is 4.74 Å². The van der Waals surface area contributed by atoms with Crippen LogP contribution in [0.4, 0.5) is 5.69 Å². The molecule has 0 spiro atoms. The van der Waals surface area contributed by atoms with Crippen molar-refractivity contribution in [3.8, 4) is 0 Å². The number of nitrogens with one attached hydrogen (secondary N) is 2. The van der Waals surface area contributed by atoms with Gasteiger partial charge >= 0.3 is 0 Å². The fraction of sp³-hybridized carbons (Fsp3) is 0.579. The molecule has 0 saturated carbocycles. The van der Waals surface area contributed by atoms with Gasteiger partial charge in [0.2, 0.25) is 5.91 Å². The van der Waals surface area contributed by atoms with Crippen molar-refractivity contribution in [1.29, 1.82) is 0 Å². The van der Waals surface area contributed by atoms with Gasteiger partial charge in [0.15, 0.2) is 5.96 Å². The number of aliphatic imine (C=N–C) groups is 1. The first kappa shape index (κ1) is 23.4. The van der Waals surface area contributed by atoms with Crippen molar-refractivity contribution in [2.75, 3.05) is 33.9 Å². The van der Waals surface area contributed by atoms with E-state index in [-0.39, 0.29) is 23.7 Å². The summed E-state index contributed by atoms with van der Waals surface area (Å²) in [5, 5.41) is 16.9. The van der Waals surface area contributed by atoms with Gasteiger partial charge < -0.3 is 20.3 Å². The van der Waals surface area contributed by atoms with Gasteiger partial charge in [0.25, 0.3) is 5.69 Å². The fourth-order valence-corrected chi connectivity index (χ4v) is 2.37. The van der Waals surface area contributed by atoms with Crippen LogP contribution in [-0.2, 0) is 16.1 Å². The molecule has 0 aliphatic heterocycles. The predicted octanol–water partition coefficient (Wildman–Crippen LogP) is 1.92. The van der Waals surface area contributed by atoms with Gasteiger partial charge in [-0.15, -0.1) is 0 Å². The summed E-state index contributed by atoms with van der Waals surface area (Å²) in [6.07, 6.45) is 0.801. The third-order valence-electron chi connectivity index (χ3n) is 3.62. The zero-order valence-electron chi connectivity index (χ0n) is 17.3. The van der Waals surface area contributed by atoms with Gasteiger partial charge in [-0.3, -0.25) is 14.9 Å². The molecule has 9 heteroatoms. The number of ether oxygens (including phenoxy) is 1. The summed E-state index contributed by atoms with van der Waals surface area (Å²) in [6.45, 7) is 7.56. The highest BCUT2D eigenvalue weighted by molar-refractivity contribution is 5.86. The van der Waals surface area contributed by atoms with Gasteiger partial charge in [0.1, 0.15) is 0 Å². The number of amides is 1. The standard InChI is InChI=1S/C19H31N5O4/c1-19(2,3)22-17(25)14-23(4)18(20-11-6-12-28-5)21-13-15-7-9-16(10-8-15)24(26)27/h7-10H,6,11-14H2,1-5H3,(H,20,21)(H,22,25). The van der Waals surface area contributed by atoms with Crippen LogP contribution in [0.3, 0.4) is 0 Å². The van der Waals surface area contributed by atoms with E-state index in [0.717, 1.165) is 12.0 Å². The van der Waals surface area contributed by atoms with E-state index in [1.807, 2.05) is 20.8 Å². The van der Waals surface area contributed by atoms with E-state index in [1.165, 1.54) is 12.1 Å². The molecule has 1 rings (SSSR count). The Kier molecular flexibility index (Phi) is 9.37. The molecule has 1 aromatic rings. The highest BCUT2D eigenvalue weighted by Crippen LogP contribution is 2.12. The van der Waals surface area contributed by atoms with E-state index in [1.54, 1.807) is 31.2 Å². The van der Waals surface area contributed by atoms with E-state index in [0.29, 0.717) is 25.7 Å². The smallest absolute Gasteiger partial charge is 0.269 e. The number of nitrogens with zero attached hydrogens (tertiary/aromatic N) is 3. The Bertz CT molecular complexity index is 668. The Hall–Kier alpha value is -2.68. The zero-order chi connectivity index (χ0) is 21.2. The second kappa shape index (κ2) is 11.2. The van der Waals surface area contributed by atoms with Gasteiger partial charge in [0.05, 0.1) is 18.0 Å². The van der Waals surface area contributed by atoms with Crippen LogP contribution in [0.15, 0.2) is 29.3 Å². The minimum absolute atomic E-state index is 0.0432. The van der Waals surface area contributed by atoms with Gasteiger partial charge in [-0.1, -0.05) is 12.1 Å². The maximum absolute atomic E-state index is 12.2. The lowest BCUT2D eigenvalue weighted by atomic mass is 10.1. The molecule has 0 saturated heterocycles. The lowest BCUT2D eigenvalue weighted by molar-refractivity contribution is -0.384. The largest absolute Gasteiger partial charge is 0.385 e. The Balaban J connectivity index is 2.79. The number of nitro benzene ring substituents is 1. The summed E-state index contributed by atoms with van der Waals surface area (Å²) in [5.74, 6) is 0.482. The maximum atomic E-state index is 12.2. The van der Waals surface area contributed by atoms with Crippen molar-refractivity contribution in [3.05, 3.63) is 39.9 Å². The first-order valence-electron chi connectivity index (χ1n) is 9.15. The minimum Gasteiger partial charge on any atom is -0.385 e. The van der Waals surface area contributed by atoms with E-state index < -0.39 is 4.92 Å². The highest BCUT2D eigenvalue weighted by atomic mass is 16.6. The number of non-ortho nitro benzene ring substituents is 1. The molecule has 0 fully saturated rings. The number of likely N-dealkylation sites (N-methyl/N-ethyl adjacent to an activating group) is 1. The summed E-state index contributed by atoms with van der Waals surface area (Å²) < 4.78 is 5.05. The summed E-state index contributed by atoms with van der Waals surface area (Å²) in [7, 11) is 3.44. The highest BCUT2D eigenvalue weighted by Gasteiger charge is 2.17. The van der Waals surface area contributed by atoms with E-state index >= 15 is 0 Å². The second-order valence-corrected chi connectivity index (χ2v) is 7.49. The molecule has 1 aromatic carbocycles. The average molecular weight is 393 g/mol. The molecule has 9 nitrogen and oxygen atoms in total. The first-order valence-corrected chi connectivity index (χ1v) is 9.15. The Morgan fingerprint density at radius 1 is 1.29 bits per heavy atom. The summed E-state index contributed by atoms with van der Waals surface area (Å²) in [4.78, 5) is 28.8. The van der Waals surface area contributed by atoms with Gasteiger partial charge in [-0.05, 0) is 32.8 Å². The molecule has 0 heterocycles. The molecular weight excluding hydrogens is 362 g/mol. The number of carbonyl (C=O) groups excluding carboxylic acids is 1. The molecule has 0 atom stereocenters. The van der Waals surface area contributed by atoms with Crippen LogP contribution in [0.2, 0.25) is 0 Å². The molecule has 2 N–H and O–H groups in total. The van der Waals surface area contributed by atoms with E-state index in [2.05, 4.69) is 15.6 Å². The number of methoxy groups -OCH3 is 1. The maximum Gasteiger partial charge on any atom is 0.269 e. The molecule has 1 amide bonds. The monoisotopic (exact) mass is 393 g/mol. The summed E-state index contributed by atoms with van der Waals surface area (Å²) in [5.41, 5.74) is 0.579. The van der Waals surface area contributed by atoms with Gasteiger partial charge in [0, 0.05) is 45.0 Å². The predicted molar refractivity (Wildman–Crippen MR) is 109 cm³/mol. The van der Waals surface area contributed by atoms with Crippen LogP contribution < -0.4 is 10.6 Å². The Morgan fingerprint density at radius 2 is 1.93 bits per heavy atom. The minimum atomic E-state index is -0.433. The third kappa shape index (κ3) is 9.31. The second-order valence-electron chi connectivity index (χ2n) is 7.49. The molecule has 0 bridgehead atoms. The molecule has 0 aliphatic rings. The molecule has 0 aliphatic carbocycles. The Morgan fingerprint density at radius 3 is 2.46 bits per heavy atom. The summed E-state index contributed by atoms with van der Waals surface area (Å²) >= 11 is 0. The van der Waals surface area contributed by atoms with Crippen LogP contribution >= 0.6 is 0 Å². The fourth-order valence-electron chi connectivity index (χ4n) is 2.37. The average Bonchev–Trinajstić information content (AvgIpc) is 2.59. The van der Waals surface area contributed by atoms with Crippen molar-refractivity contribution in [1.82, 2.24) is 15.5 Å². The lowest BCUT2D eigenvalue weighted by Gasteiger charge is -2.25. The number of guanidine groups is 1. The Labute approximate surface area is 166 Å². The molecule has 0 radical (unpaired) electrons. The van der Waals surface area contributed by atoms with Crippen LogP contribution in [0, 0.1) is 10.1 Å². The van der Waals surface area contributed by atoms with Crippen molar-refractivity contribution >= 4 is 17.6 Å². The van der Waals surface area contributed by atoms with E-state index in [9.17, 15) is 14.9 Å². The number of hydrogen-bond acceptors (Lipinski definition) is 5. The molecule has 0 aromatic heterocycles. The third-order valence-corrected chi connectivity index (χ3v) is 3.62. The normalized spacial score (nSPS) is 11.8.